The minimum absolute atomic E-state index is 0.216. The molecule has 0 N–H and O–H groups in total. The first-order valence-corrected chi connectivity index (χ1v) is 6.53. The Bertz CT molecular complexity index is 383. The number of rotatable bonds is 3. The zero-order valence-electron chi connectivity index (χ0n) is 9.79. The average Bonchev–Trinajstić information content (AvgIpc) is 2.92. The second-order valence-electron chi connectivity index (χ2n) is 4.99. The molecule has 0 unspecified atom stereocenters. The Morgan fingerprint density at radius 2 is 2.06 bits per heavy atom. The van der Waals surface area contributed by atoms with Gasteiger partial charge in [-0.2, -0.15) is 0 Å². The standard InChI is InChI=1S/C12H16INO2/c1-12(2,3)16-11-10(13)6-9(7-14-11)15-8-4-5-8/h6-8H,4-5H2,1-3H3. The molecule has 1 aliphatic rings. The van der Waals surface area contributed by atoms with Crippen molar-refractivity contribution in [3.63, 3.8) is 0 Å². The van der Waals surface area contributed by atoms with Crippen molar-refractivity contribution in [2.24, 2.45) is 0 Å². The van der Waals surface area contributed by atoms with Gasteiger partial charge in [-0.05, 0) is 56.2 Å². The number of halogens is 1. The molecule has 2 rings (SSSR count). The highest BCUT2D eigenvalue weighted by Crippen LogP contribution is 2.30. The van der Waals surface area contributed by atoms with Crippen LogP contribution in [0.15, 0.2) is 12.3 Å². The van der Waals surface area contributed by atoms with Crippen LogP contribution >= 0.6 is 22.6 Å². The Labute approximate surface area is 110 Å². The summed E-state index contributed by atoms with van der Waals surface area (Å²) in [5, 5.41) is 0. The lowest BCUT2D eigenvalue weighted by atomic mass is 10.2. The van der Waals surface area contributed by atoms with Crippen LogP contribution in [-0.4, -0.2) is 16.7 Å². The van der Waals surface area contributed by atoms with Crippen molar-refractivity contribution in [1.82, 2.24) is 4.98 Å². The van der Waals surface area contributed by atoms with Gasteiger partial charge in [0.2, 0.25) is 5.88 Å². The molecule has 0 bridgehead atoms. The van der Waals surface area contributed by atoms with Gasteiger partial charge in [0.1, 0.15) is 11.4 Å². The van der Waals surface area contributed by atoms with Crippen LogP contribution in [0, 0.1) is 3.57 Å². The Hall–Kier alpha value is -0.520. The molecule has 0 atom stereocenters. The molecule has 1 aromatic rings. The molecule has 1 aliphatic carbocycles. The largest absolute Gasteiger partial charge is 0.489 e. The SMILES string of the molecule is CC(C)(C)Oc1ncc(OC2CC2)cc1I. The smallest absolute Gasteiger partial charge is 0.227 e. The maximum absolute atomic E-state index is 5.73. The van der Waals surface area contributed by atoms with Gasteiger partial charge in [0.25, 0.3) is 0 Å². The summed E-state index contributed by atoms with van der Waals surface area (Å²) in [4.78, 5) is 4.29. The van der Waals surface area contributed by atoms with Gasteiger partial charge in [0.15, 0.2) is 0 Å². The van der Waals surface area contributed by atoms with Crippen molar-refractivity contribution in [2.45, 2.75) is 45.3 Å². The monoisotopic (exact) mass is 333 g/mol. The quantitative estimate of drug-likeness (QED) is 0.795. The first-order chi connectivity index (χ1) is 7.44. The minimum Gasteiger partial charge on any atom is -0.489 e. The maximum Gasteiger partial charge on any atom is 0.227 e. The molecule has 1 aromatic heterocycles. The zero-order valence-corrected chi connectivity index (χ0v) is 11.9. The van der Waals surface area contributed by atoms with Gasteiger partial charge >= 0.3 is 0 Å². The summed E-state index contributed by atoms with van der Waals surface area (Å²) >= 11 is 2.23. The van der Waals surface area contributed by atoms with Gasteiger partial charge in [0, 0.05) is 6.07 Å². The van der Waals surface area contributed by atoms with Gasteiger partial charge in [-0.1, -0.05) is 0 Å². The first kappa shape index (κ1) is 12.0. The van der Waals surface area contributed by atoms with E-state index >= 15 is 0 Å². The molecule has 0 amide bonds. The number of pyridine rings is 1. The summed E-state index contributed by atoms with van der Waals surface area (Å²) < 4.78 is 12.4. The van der Waals surface area contributed by atoms with Crippen molar-refractivity contribution >= 4 is 22.6 Å². The highest BCUT2D eigenvalue weighted by atomic mass is 127. The van der Waals surface area contributed by atoms with Crippen LogP contribution < -0.4 is 9.47 Å². The highest BCUT2D eigenvalue weighted by molar-refractivity contribution is 14.1. The molecule has 0 saturated heterocycles. The van der Waals surface area contributed by atoms with Gasteiger partial charge in [0.05, 0.1) is 15.9 Å². The summed E-state index contributed by atoms with van der Waals surface area (Å²) in [6.45, 7) is 6.04. The van der Waals surface area contributed by atoms with E-state index in [-0.39, 0.29) is 5.60 Å². The van der Waals surface area contributed by atoms with Crippen molar-refractivity contribution in [1.29, 1.82) is 0 Å². The van der Waals surface area contributed by atoms with Crippen LogP contribution in [0.1, 0.15) is 33.6 Å². The van der Waals surface area contributed by atoms with E-state index in [1.54, 1.807) is 6.20 Å². The Balaban J connectivity index is 2.09. The van der Waals surface area contributed by atoms with Crippen LogP contribution in [0.3, 0.4) is 0 Å². The summed E-state index contributed by atoms with van der Waals surface area (Å²) in [5.74, 6) is 1.52. The van der Waals surface area contributed by atoms with Gasteiger partial charge < -0.3 is 9.47 Å². The Morgan fingerprint density at radius 3 is 2.56 bits per heavy atom. The lowest BCUT2D eigenvalue weighted by molar-refractivity contribution is 0.122. The third-order valence-corrected chi connectivity index (χ3v) is 2.79. The highest BCUT2D eigenvalue weighted by Gasteiger charge is 2.24. The molecule has 0 aliphatic heterocycles. The lowest BCUT2D eigenvalue weighted by Crippen LogP contribution is -2.24. The molecule has 1 fully saturated rings. The zero-order chi connectivity index (χ0) is 11.8. The molecule has 0 aromatic carbocycles. The lowest BCUT2D eigenvalue weighted by Gasteiger charge is -2.21. The third kappa shape index (κ3) is 3.50. The van der Waals surface area contributed by atoms with E-state index < -0.39 is 0 Å². The van der Waals surface area contributed by atoms with Gasteiger partial charge in [-0.25, -0.2) is 4.98 Å². The number of hydrogen-bond acceptors (Lipinski definition) is 3. The van der Waals surface area contributed by atoms with Crippen molar-refractivity contribution < 1.29 is 9.47 Å². The number of nitrogens with zero attached hydrogens (tertiary/aromatic N) is 1. The minimum atomic E-state index is -0.216. The molecule has 1 saturated carbocycles. The number of hydrogen-bond donors (Lipinski definition) is 0. The first-order valence-electron chi connectivity index (χ1n) is 5.45. The van der Waals surface area contributed by atoms with Crippen LogP contribution in [-0.2, 0) is 0 Å². The topological polar surface area (TPSA) is 31.4 Å². The summed E-state index contributed by atoms with van der Waals surface area (Å²) in [5.41, 5.74) is -0.216. The van der Waals surface area contributed by atoms with Crippen molar-refractivity contribution in [3.05, 3.63) is 15.8 Å². The number of ether oxygens (including phenoxy) is 2. The fraction of sp³-hybridized carbons (Fsp3) is 0.583. The Morgan fingerprint density at radius 1 is 1.38 bits per heavy atom. The predicted molar refractivity (Wildman–Crippen MR) is 71.0 cm³/mol. The van der Waals surface area contributed by atoms with E-state index in [0.717, 1.165) is 22.2 Å². The van der Waals surface area contributed by atoms with E-state index in [1.807, 2.05) is 26.8 Å². The molecular formula is C12H16INO2. The number of aromatic nitrogens is 1. The van der Waals surface area contributed by atoms with E-state index in [9.17, 15) is 0 Å². The van der Waals surface area contributed by atoms with Crippen LogP contribution in [0.2, 0.25) is 0 Å². The molecule has 88 valence electrons. The molecule has 4 heteroatoms. The molecular weight excluding hydrogens is 317 g/mol. The summed E-state index contributed by atoms with van der Waals surface area (Å²) in [6, 6.07) is 1.98. The maximum atomic E-state index is 5.73. The van der Waals surface area contributed by atoms with Crippen LogP contribution in [0.25, 0.3) is 0 Å². The third-order valence-electron chi connectivity index (χ3n) is 2.01. The molecule has 1 heterocycles. The second-order valence-corrected chi connectivity index (χ2v) is 6.15. The van der Waals surface area contributed by atoms with E-state index in [1.165, 1.54) is 0 Å². The van der Waals surface area contributed by atoms with Crippen LogP contribution in [0.5, 0.6) is 11.6 Å². The second kappa shape index (κ2) is 4.39. The normalized spacial score (nSPS) is 16.0. The predicted octanol–water partition coefficient (Wildman–Crippen LogP) is 3.40. The van der Waals surface area contributed by atoms with E-state index in [4.69, 9.17) is 9.47 Å². The summed E-state index contributed by atoms with van der Waals surface area (Å²) in [6.07, 6.45) is 4.47. The van der Waals surface area contributed by atoms with E-state index in [2.05, 4.69) is 27.6 Å². The molecule has 16 heavy (non-hydrogen) atoms. The molecule has 3 nitrogen and oxygen atoms in total. The van der Waals surface area contributed by atoms with Crippen LogP contribution in [0.4, 0.5) is 0 Å². The van der Waals surface area contributed by atoms with Crippen molar-refractivity contribution in [2.75, 3.05) is 0 Å². The van der Waals surface area contributed by atoms with E-state index in [0.29, 0.717) is 12.0 Å². The Kier molecular flexibility index (Phi) is 3.28. The van der Waals surface area contributed by atoms with Gasteiger partial charge in [-0.3, -0.25) is 0 Å². The fourth-order valence-corrected chi connectivity index (χ4v) is 1.77. The fourth-order valence-electron chi connectivity index (χ4n) is 1.22. The van der Waals surface area contributed by atoms with Gasteiger partial charge in [-0.15, -0.1) is 0 Å². The molecule has 0 spiro atoms. The average molecular weight is 333 g/mol. The molecule has 0 radical (unpaired) electrons. The van der Waals surface area contributed by atoms with Crippen molar-refractivity contribution in [3.8, 4) is 11.6 Å². The summed E-state index contributed by atoms with van der Waals surface area (Å²) in [7, 11) is 0.